The second kappa shape index (κ2) is 11.3. The zero-order valence-corrected chi connectivity index (χ0v) is 19.6. The smallest absolute Gasteiger partial charge is 0.0737 e. The Morgan fingerprint density at radius 3 is 2.33 bits per heavy atom. The maximum Gasteiger partial charge on any atom is 0.0737 e. The minimum atomic E-state index is 0.266. The topological polar surface area (TPSA) is 43.4 Å². The fourth-order valence-corrected chi connectivity index (χ4v) is 4.06. The molecule has 1 saturated heterocycles. The van der Waals surface area contributed by atoms with Gasteiger partial charge in [-0.3, -0.25) is 4.98 Å². The number of halogens is 1. The zero-order chi connectivity index (χ0) is 21.4. The van der Waals surface area contributed by atoms with Crippen LogP contribution in [0.2, 0.25) is 5.02 Å². The van der Waals surface area contributed by atoms with Gasteiger partial charge in [0.05, 0.1) is 5.52 Å². The third kappa shape index (κ3) is 7.09. The van der Waals surface area contributed by atoms with Gasteiger partial charge in [0.15, 0.2) is 0 Å². The van der Waals surface area contributed by atoms with Crippen molar-refractivity contribution in [1.82, 2.24) is 20.1 Å². The molecule has 1 aromatic heterocycles. The molecule has 1 aliphatic rings. The first-order chi connectivity index (χ1) is 14.5. The Morgan fingerprint density at radius 1 is 1.00 bits per heavy atom. The van der Waals surface area contributed by atoms with E-state index in [1.54, 1.807) is 0 Å². The molecule has 0 spiro atoms. The second-order valence-corrected chi connectivity index (χ2v) is 9.44. The first-order valence-corrected chi connectivity index (χ1v) is 11.8. The highest BCUT2D eigenvalue weighted by Crippen LogP contribution is 2.24. The lowest BCUT2D eigenvalue weighted by Crippen LogP contribution is -2.47. The number of benzene rings is 1. The molecule has 0 aliphatic carbocycles. The van der Waals surface area contributed by atoms with Gasteiger partial charge in [-0.2, -0.15) is 0 Å². The maximum atomic E-state index is 6.08. The van der Waals surface area contributed by atoms with Gasteiger partial charge in [-0.15, -0.1) is 0 Å². The summed E-state index contributed by atoms with van der Waals surface area (Å²) >= 11 is 6.08. The molecule has 0 unspecified atom stereocenters. The second-order valence-electron chi connectivity index (χ2n) is 9.00. The molecular formula is C24H38ClN5. The van der Waals surface area contributed by atoms with Crippen LogP contribution in [0.15, 0.2) is 30.5 Å². The molecular weight excluding hydrogens is 394 g/mol. The highest BCUT2D eigenvalue weighted by atomic mass is 35.5. The number of anilines is 1. The number of piperazine rings is 1. The van der Waals surface area contributed by atoms with Crippen molar-refractivity contribution in [3.63, 3.8) is 0 Å². The molecule has 0 radical (unpaired) electrons. The predicted octanol–water partition coefficient (Wildman–Crippen LogP) is 4.48. The summed E-state index contributed by atoms with van der Waals surface area (Å²) in [7, 11) is 0. The summed E-state index contributed by atoms with van der Waals surface area (Å²) in [5, 5.41) is 9.10. The Labute approximate surface area is 187 Å². The lowest BCUT2D eigenvalue weighted by Gasteiger charge is -2.35. The average Bonchev–Trinajstić information content (AvgIpc) is 2.75. The SMILES string of the molecule is CCC(C)(C)NCCCN1CCN(CCCNc2ccnc3cc(Cl)ccc23)CC1. The highest BCUT2D eigenvalue weighted by Gasteiger charge is 2.17. The fraction of sp³-hybridized carbons (Fsp3) is 0.625. The molecule has 0 amide bonds. The Balaban J connectivity index is 1.30. The molecule has 5 nitrogen and oxygen atoms in total. The van der Waals surface area contributed by atoms with Gasteiger partial charge < -0.3 is 20.4 Å². The zero-order valence-electron chi connectivity index (χ0n) is 18.9. The Kier molecular flexibility index (Phi) is 8.75. The molecule has 166 valence electrons. The number of aromatic nitrogens is 1. The first kappa shape index (κ1) is 23.3. The molecule has 2 aromatic rings. The molecule has 3 rings (SSSR count). The van der Waals surface area contributed by atoms with E-state index in [1.807, 2.05) is 30.5 Å². The first-order valence-electron chi connectivity index (χ1n) is 11.4. The van der Waals surface area contributed by atoms with Gasteiger partial charge in [0.2, 0.25) is 0 Å². The molecule has 1 fully saturated rings. The third-order valence-corrected chi connectivity index (χ3v) is 6.51. The number of rotatable bonds is 11. The van der Waals surface area contributed by atoms with Crippen LogP contribution in [0.5, 0.6) is 0 Å². The van der Waals surface area contributed by atoms with Crippen molar-refractivity contribution in [2.24, 2.45) is 0 Å². The maximum absolute atomic E-state index is 6.08. The van der Waals surface area contributed by atoms with Crippen LogP contribution in [0.25, 0.3) is 10.9 Å². The van der Waals surface area contributed by atoms with Crippen LogP contribution >= 0.6 is 11.6 Å². The highest BCUT2D eigenvalue weighted by molar-refractivity contribution is 6.31. The molecule has 1 aromatic carbocycles. The van der Waals surface area contributed by atoms with Gasteiger partial charge in [-0.05, 0) is 77.0 Å². The average molecular weight is 432 g/mol. The summed E-state index contributed by atoms with van der Waals surface area (Å²) in [6, 6.07) is 7.94. The van der Waals surface area contributed by atoms with Gasteiger partial charge in [0.25, 0.3) is 0 Å². The molecule has 30 heavy (non-hydrogen) atoms. The van der Waals surface area contributed by atoms with Crippen molar-refractivity contribution < 1.29 is 0 Å². The number of hydrogen-bond acceptors (Lipinski definition) is 5. The van der Waals surface area contributed by atoms with Crippen molar-refractivity contribution in [3.05, 3.63) is 35.5 Å². The van der Waals surface area contributed by atoms with E-state index < -0.39 is 0 Å². The molecule has 0 saturated carbocycles. The van der Waals surface area contributed by atoms with Gasteiger partial charge in [-0.1, -0.05) is 18.5 Å². The molecule has 2 N–H and O–H groups in total. The Hall–Kier alpha value is -1.40. The normalized spacial score (nSPS) is 16.3. The number of nitrogens with zero attached hydrogens (tertiary/aromatic N) is 3. The van der Waals surface area contributed by atoms with E-state index in [0.29, 0.717) is 0 Å². The molecule has 2 heterocycles. The Morgan fingerprint density at radius 2 is 1.67 bits per heavy atom. The summed E-state index contributed by atoms with van der Waals surface area (Å²) < 4.78 is 0. The fourth-order valence-electron chi connectivity index (χ4n) is 3.89. The molecule has 1 aliphatic heterocycles. The quantitative estimate of drug-likeness (QED) is 0.513. The van der Waals surface area contributed by atoms with E-state index in [1.165, 1.54) is 45.6 Å². The van der Waals surface area contributed by atoms with Crippen LogP contribution in [0, 0.1) is 0 Å². The monoisotopic (exact) mass is 431 g/mol. The van der Waals surface area contributed by atoms with Gasteiger partial charge >= 0.3 is 0 Å². The number of fused-ring (bicyclic) bond motifs is 1. The van der Waals surface area contributed by atoms with Gasteiger partial charge in [-0.25, -0.2) is 0 Å². The minimum absolute atomic E-state index is 0.266. The van der Waals surface area contributed by atoms with Crippen LogP contribution in [0.4, 0.5) is 5.69 Å². The molecule has 6 heteroatoms. The van der Waals surface area contributed by atoms with E-state index in [9.17, 15) is 0 Å². The summed E-state index contributed by atoms with van der Waals surface area (Å²) in [6.45, 7) is 16.0. The number of hydrogen-bond donors (Lipinski definition) is 2. The Bertz CT molecular complexity index is 786. The van der Waals surface area contributed by atoms with Crippen LogP contribution in [0.3, 0.4) is 0 Å². The van der Waals surface area contributed by atoms with Gasteiger partial charge in [0, 0.05) is 60.6 Å². The van der Waals surface area contributed by atoms with Crippen molar-refractivity contribution in [1.29, 1.82) is 0 Å². The van der Waals surface area contributed by atoms with Crippen LogP contribution in [-0.4, -0.2) is 72.7 Å². The van der Waals surface area contributed by atoms with Crippen molar-refractivity contribution in [3.8, 4) is 0 Å². The minimum Gasteiger partial charge on any atom is -0.384 e. The van der Waals surface area contributed by atoms with Crippen molar-refractivity contribution in [2.45, 2.75) is 45.6 Å². The van der Waals surface area contributed by atoms with E-state index in [2.05, 4.69) is 46.2 Å². The van der Waals surface area contributed by atoms with Crippen LogP contribution < -0.4 is 10.6 Å². The summed E-state index contributed by atoms with van der Waals surface area (Å²) in [5.74, 6) is 0. The standard InChI is InChI=1S/C24H38ClN5/c1-4-24(2,3)28-11-6-14-30-17-15-29(16-18-30)13-5-10-26-22-9-12-27-23-19-20(25)7-8-21(22)23/h7-9,12,19,28H,4-6,10-11,13-18H2,1-3H3,(H,26,27). The predicted molar refractivity (Wildman–Crippen MR) is 130 cm³/mol. The molecule has 0 atom stereocenters. The lowest BCUT2D eigenvalue weighted by atomic mass is 10.0. The molecule has 0 bridgehead atoms. The van der Waals surface area contributed by atoms with E-state index in [0.717, 1.165) is 47.7 Å². The summed E-state index contributed by atoms with van der Waals surface area (Å²) in [6.07, 6.45) is 5.40. The van der Waals surface area contributed by atoms with E-state index >= 15 is 0 Å². The van der Waals surface area contributed by atoms with Crippen LogP contribution in [-0.2, 0) is 0 Å². The van der Waals surface area contributed by atoms with Crippen molar-refractivity contribution >= 4 is 28.2 Å². The van der Waals surface area contributed by atoms with Crippen LogP contribution in [0.1, 0.15) is 40.0 Å². The third-order valence-electron chi connectivity index (χ3n) is 6.27. The number of nitrogens with one attached hydrogen (secondary N) is 2. The number of pyridine rings is 1. The van der Waals surface area contributed by atoms with E-state index in [4.69, 9.17) is 11.6 Å². The summed E-state index contributed by atoms with van der Waals surface area (Å²) in [4.78, 5) is 9.63. The summed E-state index contributed by atoms with van der Waals surface area (Å²) in [5.41, 5.74) is 2.35. The van der Waals surface area contributed by atoms with E-state index in [-0.39, 0.29) is 5.54 Å². The van der Waals surface area contributed by atoms with Crippen molar-refractivity contribution in [2.75, 3.05) is 57.7 Å². The largest absolute Gasteiger partial charge is 0.384 e. The lowest BCUT2D eigenvalue weighted by molar-refractivity contribution is 0.130. The van der Waals surface area contributed by atoms with Gasteiger partial charge in [0.1, 0.15) is 0 Å².